The second kappa shape index (κ2) is 15.2. The van der Waals surface area contributed by atoms with E-state index < -0.39 is 11.1 Å². The van der Waals surface area contributed by atoms with Crippen LogP contribution in [0.15, 0.2) is 120 Å². The molecule has 4 aliphatic rings. The number of aliphatic imine (C=N–C) groups is 2. The maximum Gasteiger partial charge on any atom is 0.283 e. The molecule has 312 valence electrons. The number of nitrogens with zero attached hydrogens (tertiary/aromatic N) is 8. The molecule has 0 saturated carbocycles. The van der Waals surface area contributed by atoms with Crippen LogP contribution < -0.4 is 20.9 Å². The van der Waals surface area contributed by atoms with E-state index in [1.807, 2.05) is 91.0 Å². The van der Waals surface area contributed by atoms with Crippen LogP contribution in [0.3, 0.4) is 0 Å². The van der Waals surface area contributed by atoms with E-state index in [0.29, 0.717) is 29.0 Å². The molecule has 62 heavy (non-hydrogen) atoms. The Morgan fingerprint density at radius 1 is 0.565 bits per heavy atom. The van der Waals surface area contributed by atoms with E-state index in [1.165, 1.54) is 0 Å². The number of hydrogen-bond acceptors (Lipinski definition) is 14. The zero-order chi connectivity index (χ0) is 43.3. The topological polar surface area (TPSA) is 191 Å². The fraction of sp³-hybridized carbons (Fsp3) is 0.250. The zero-order valence-electron chi connectivity index (χ0n) is 35.3. The van der Waals surface area contributed by atoms with Gasteiger partial charge in [0.25, 0.3) is 12.0 Å². The van der Waals surface area contributed by atoms with Crippen molar-refractivity contribution in [3.05, 3.63) is 143 Å². The van der Waals surface area contributed by atoms with Crippen molar-refractivity contribution in [1.82, 2.24) is 30.1 Å². The second-order valence-corrected chi connectivity index (χ2v) is 17.6. The number of allylic oxidation sites excluding steroid dienone is 2. The molecule has 2 atom stereocenters. The van der Waals surface area contributed by atoms with Crippen molar-refractivity contribution in [3.8, 4) is 45.8 Å². The van der Waals surface area contributed by atoms with Gasteiger partial charge in [-0.05, 0) is 41.2 Å². The lowest BCUT2D eigenvalue weighted by Gasteiger charge is -2.32. The predicted molar refractivity (Wildman–Crippen MR) is 237 cm³/mol. The van der Waals surface area contributed by atoms with Crippen molar-refractivity contribution in [3.63, 3.8) is 0 Å². The number of ether oxygens (including phenoxy) is 4. The minimum absolute atomic E-state index is 0.0215. The molecule has 14 nitrogen and oxygen atoms in total. The number of amidine groups is 2. The van der Waals surface area contributed by atoms with Crippen LogP contribution in [0.1, 0.15) is 75.3 Å². The molecular formula is C48H46N10O4. The van der Waals surface area contributed by atoms with Gasteiger partial charge in [0.15, 0.2) is 22.6 Å². The minimum atomic E-state index is -0.932. The normalized spacial score (nSPS) is 19.5. The smallest absolute Gasteiger partial charge is 0.283 e. The summed E-state index contributed by atoms with van der Waals surface area (Å²) >= 11 is 0. The summed E-state index contributed by atoms with van der Waals surface area (Å²) in [6.45, 7) is 13.3. The van der Waals surface area contributed by atoms with E-state index in [0.717, 1.165) is 50.6 Å². The number of rotatable bonds is 4. The van der Waals surface area contributed by atoms with Crippen LogP contribution >= 0.6 is 0 Å². The molecule has 2 unspecified atom stereocenters. The number of pyridine rings is 2. The monoisotopic (exact) mass is 826 g/mol. The van der Waals surface area contributed by atoms with Gasteiger partial charge in [0.2, 0.25) is 11.8 Å². The molecule has 2 aromatic carbocycles. The Balaban J connectivity index is 0.000000158. The van der Waals surface area contributed by atoms with Gasteiger partial charge < -0.3 is 30.4 Å². The van der Waals surface area contributed by atoms with Gasteiger partial charge >= 0.3 is 0 Å². The van der Waals surface area contributed by atoms with Crippen molar-refractivity contribution in [2.75, 3.05) is 13.2 Å². The van der Waals surface area contributed by atoms with E-state index in [-0.39, 0.29) is 36.1 Å². The molecule has 14 heteroatoms. The molecule has 4 aliphatic heterocycles. The first kappa shape index (κ1) is 40.0. The van der Waals surface area contributed by atoms with E-state index in [2.05, 4.69) is 83.8 Å². The molecule has 4 aromatic heterocycles. The van der Waals surface area contributed by atoms with Gasteiger partial charge in [-0.15, -0.1) is 10.2 Å². The highest BCUT2D eigenvalue weighted by Crippen LogP contribution is 2.51. The van der Waals surface area contributed by atoms with Gasteiger partial charge in [-0.25, -0.2) is 20.0 Å². The number of nitrogens with two attached hydrogens (primary N) is 2. The number of benzene rings is 2. The van der Waals surface area contributed by atoms with Gasteiger partial charge in [0.1, 0.15) is 18.9 Å². The summed E-state index contributed by atoms with van der Waals surface area (Å²) in [6.07, 6.45) is 13.2. The Morgan fingerprint density at radius 3 is 1.61 bits per heavy atom. The fourth-order valence-corrected chi connectivity index (χ4v) is 7.44. The van der Waals surface area contributed by atoms with Crippen molar-refractivity contribution < 1.29 is 18.9 Å². The van der Waals surface area contributed by atoms with E-state index in [1.54, 1.807) is 18.6 Å². The minimum Gasteiger partial charge on any atom is -0.462 e. The predicted octanol–water partition coefficient (Wildman–Crippen LogP) is 8.58. The summed E-state index contributed by atoms with van der Waals surface area (Å²) in [5.41, 5.74) is 18.3. The molecule has 0 fully saturated rings. The summed E-state index contributed by atoms with van der Waals surface area (Å²) in [5, 5.41) is 8.63. The summed E-state index contributed by atoms with van der Waals surface area (Å²) < 4.78 is 23.4. The average Bonchev–Trinajstić information content (AvgIpc) is 3.85. The summed E-state index contributed by atoms with van der Waals surface area (Å²) in [6, 6.07) is 26.1. The first-order chi connectivity index (χ1) is 29.7. The Hall–Kier alpha value is -7.48. The van der Waals surface area contributed by atoms with Gasteiger partial charge in [-0.1, -0.05) is 114 Å². The van der Waals surface area contributed by atoms with Crippen LogP contribution in [0.25, 0.3) is 34.7 Å². The van der Waals surface area contributed by atoms with Crippen LogP contribution in [-0.2, 0) is 20.6 Å². The lowest BCUT2D eigenvalue weighted by molar-refractivity contribution is 0.257. The molecular weight excluding hydrogens is 781 g/mol. The largest absolute Gasteiger partial charge is 0.462 e. The Kier molecular flexibility index (Phi) is 9.80. The van der Waals surface area contributed by atoms with E-state index in [9.17, 15) is 0 Å². The number of hydrogen-bond donors (Lipinski definition) is 2. The van der Waals surface area contributed by atoms with Crippen molar-refractivity contribution >= 4 is 24.2 Å². The Morgan fingerprint density at radius 2 is 1.08 bits per heavy atom. The fourth-order valence-electron chi connectivity index (χ4n) is 7.44. The van der Waals surface area contributed by atoms with Crippen LogP contribution in [-0.4, -0.2) is 55.4 Å². The molecule has 6 aromatic rings. The molecule has 10 rings (SSSR count). The summed E-state index contributed by atoms with van der Waals surface area (Å²) in [4.78, 5) is 27.9. The zero-order valence-corrected chi connectivity index (χ0v) is 35.3. The highest BCUT2D eigenvalue weighted by molar-refractivity contribution is 5.78. The second-order valence-electron chi connectivity index (χ2n) is 17.6. The average molecular weight is 827 g/mol. The van der Waals surface area contributed by atoms with Gasteiger partial charge in [-0.3, -0.25) is 9.97 Å². The third-order valence-corrected chi connectivity index (χ3v) is 10.5. The Labute approximate surface area is 359 Å². The van der Waals surface area contributed by atoms with Crippen LogP contribution in [0.4, 0.5) is 0 Å². The van der Waals surface area contributed by atoms with Crippen LogP contribution in [0.5, 0.6) is 23.3 Å². The van der Waals surface area contributed by atoms with Crippen molar-refractivity contribution in [1.29, 1.82) is 0 Å². The highest BCUT2D eigenvalue weighted by atomic mass is 16.5. The molecule has 0 saturated heterocycles. The van der Waals surface area contributed by atoms with Gasteiger partial charge in [0.05, 0.1) is 46.9 Å². The molecule has 0 aliphatic carbocycles. The maximum atomic E-state index is 6.06. The lowest BCUT2D eigenvalue weighted by atomic mass is 9.82. The maximum absolute atomic E-state index is 6.06. The molecule has 0 radical (unpaired) electrons. The molecule has 2 spiro atoms. The third kappa shape index (κ3) is 7.70. The van der Waals surface area contributed by atoms with E-state index in [4.69, 9.17) is 40.4 Å². The SMILES string of the molecule is CC(C)(C)/C=C/c1cc2c(nn1)Oc1cnc(-c3ccccc3)cc1C21COC(N)=N1.CC(C)(C)/C=C/c1cnc2c(n1)C1(COC(N)=N1)c1cc(-c3ccccc3)ncc1O2. The lowest BCUT2D eigenvalue weighted by Crippen LogP contribution is -2.33. The number of aromatic nitrogens is 6. The van der Waals surface area contributed by atoms with Crippen molar-refractivity contribution in [2.24, 2.45) is 32.3 Å². The van der Waals surface area contributed by atoms with Crippen LogP contribution in [0.2, 0.25) is 0 Å². The molecule has 0 bridgehead atoms. The van der Waals surface area contributed by atoms with Gasteiger partial charge in [0, 0.05) is 22.3 Å². The standard InChI is InChI=1S/2C24H23N5O2/c1-23(2,3)10-9-16-12-27-21-20(28-16)24(14-30-22(25)29-24)17-11-18(26-13-19(17)31-21)15-7-5-4-6-8-15;1-23(2,3)10-9-16-11-18-21(29-28-16)31-20-13-26-19(15-7-5-4-6-8-15)12-17(20)24(18)14-30-22(25)27-24/h4-13H,14H2,1-3H3,(H2,25,29);4-13H,14H2,1-3H3,(H2,25,27)/b2*10-9+. The van der Waals surface area contributed by atoms with Gasteiger partial charge in [-0.2, -0.15) is 0 Å². The quantitative estimate of drug-likeness (QED) is 0.172. The molecule has 8 heterocycles. The summed E-state index contributed by atoms with van der Waals surface area (Å²) in [7, 11) is 0. The highest BCUT2D eigenvalue weighted by Gasteiger charge is 2.50. The van der Waals surface area contributed by atoms with Crippen LogP contribution in [0, 0.1) is 10.8 Å². The first-order valence-corrected chi connectivity index (χ1v) is 20.3. The first-order valence-electron chi connectivity index (χ1n) is 20.3. The van der Waals surface area contributed by atoms with E-state index >= 15 is 0 Å². The number of fused-ring (bicyclic) bond motifs is 8. The Bertz CT molecular complexity index is 2620. The molecule has 4 N–H and O–H groups in total. The third-order valence-electron chi connectivity index (χ3n) is 10.5. The summed E-state index contributed by atoms with van der Waals surface area (Å²) in [5.74, 6) is 1.91. The van der Waals surface area contributed by atoms with Crippen molar-refractivity contribution in [2.45, 2.75) is 52.6 Å². The molecule has 0 amide bonds.